The predicted octanol–water partition coefficient (Wildman–Crippen LogP) is 3.34. The summed E-state index contributed by atoms with van der Waals surface area (Å²) in [7, 11) is 0. The molecule has 2 aliphatic rings. The van der Waals surface area contributed by atoms with Gasteiger partial charge in [-0.3, -0.25) is 0 Å². The lowest BCUT2D eigenvalue weighted by atomic mass is 10.1. The second-order valence-electron chi connectivity index (χ2n) is 3.21. The summed E-state index contributed by atoms with van der Waals surface area (Å²) in [5.41, 5.74) is 5.72. The normalized spacial score (nSPS) is 12.2. The van der Waals surface area contributed by atoms with E-state index in [9.17, 15) is 0 Å². The van der Waals surface area contributed by atoms with Crippen LogP contribution < -0.4 is 10.4 Å². The molecule has 0 heteroatoms. The molecule has 0 aliphatic heterocycles. The molecule has 0 amide bonds. The molecule has 0 atom stereocenters. The van der Waals surface area contributed by atoms with Crippen LogP contribution in [-0.4, -0.2) is 0 Å². The molecule has 0 N–H and O–H groups in total. The van der Waals surface area contributed by atoms with Gasteiger partial charge >= 0.3 is 0 Å². The van der Waals surface area contributed by atoms with E-state index in [2.05, 4.69) is 30.0 Å². The lowest BCUT2D eigenvalue weighted by Crippen LogP contribution is -2.21. The highest BCUT2D eigenvalue weighted by atomic mass is 14.1. The molecule has 0 aromatic heterocycles. The fraction of sp³-hybridized carbons (Fsp3) is 0.312. The maximum atomic E-state index is 3.11. The first-order valence-corrected chi connectivity index (χ1v) is 6.20. The Labute approximate surface area is 98.3 Å². The van der Waals surface area contributed by atoms with E-state index in [1.165, 1.54) is 21.6 Å². The Morgan fingerprint density at radius 3 is 1.69 bits per heavy atom. The zero-order valence-corrected chi connectivity index (χ0v) is 10.7. The van der Waals surface area contributed by atoms with Crippen LogP contribution in [0.4, 0.5) is 0 Å². The molecule has 0 saturated carbocycles. The highest BCUT2D eigenvalue weighted by molar-refractivity contribution is 5.73. The molecule has 2 aliphatic carbocycles. The van der Waals surface area contributed by atoms with Crippen molar-refractivity contribution >= 4 is 24.3 Å². The molecule has 1 aromatic rings. The summed E-state index contributed by atoms with van der Waals surface area (Å²) in [5.74, 6) is 0. The molecular formula is C16H20. The van der Waals surface area contributed by atoms with E-state index in [-0.39, 0.29) is 0 Å². The van der Waals surface area contributed by atoms with Gasteiger partial charge in [0.1, 0.15) is 0 Å². The Morgan fingerprint density at radius 1 is 0.812 bits per heavy atom. The number of fused-ring (bicyclic) bond motifs is 2. The summed E-state index contributed by atoms with van der Waals surface area (Å²) in [5, 5.41) is 2.75. The van der Waals surface area contributed by atoms with E-state index < -0.39 is 0 Å². The minimum Gasteiger partial charge on any atom is -0.120 e. The molecule has 0 radical (unpaired) electrons. The lowest BCUT2D eigenvalue weighted by molar-refractivity contribution is 1.50. The molecule has 0 bridgehead atoms. The van der Waals surface area contributed by atoms with Crippen molar-refractivity contribution in [1.29, 1.82) is 0 Å². The highest BCUT2D eigenvalue weighted by Crippen LogP contribution is 2.13. The summed E-state index contributed by atoms with van der Waals surface area (Å²) in [6.45, 7) is 8.00. The molecule has 0 nitrogen and oxygen atoms in total. The molecule has 0 fully saturated rings. The first kappa shape index (κ1) is 12.5. The molecule has 0 heterocycles. The Kier molecular flexibility index (Phi) is 4.82. The van der Waals surface area contributed by atoms with Crippen LogP contribution in [0.1, 0.15) is 45.2 Å². The smallest absolute Gasteiger partial charge is 0.00943 e. The van der Waals surface area contributed by atoms with Gasteiger partial charge in [0.2, 0.25) is 0 Å². The highest BCUT2D eigenvalue weighted by Gasteiger charge is 2.02. The van der Waals surface area contributed by atoms with E-state index >= 15 is 0 Å². The van der Waals surface area contributed by atoms with Gasteiger partial charge < -0.3 is 0 Å². The van der Waals surface area contributed by atoms with Crippen molar-refractivity contribution in [2.24, 2.45) is 0 Å². The summed E-state index contributed by atoms with van der Waals surface area (Å²) < 4.78 is 0. The van der Waals surface area contributed by atoms with Crippen LogP contribution in [-0.2, 0) is 0 Å². The monoisotopic (exact) mass is 212 g/mol. The standard InChI is InChI=1S/C12H8.2C2H6/c1-3-9-7-11-5-2-6-12(11)8-10(9)4-1;2*1-2/h3-8H,1H2;2*1-2H3. The van der Waals surface area contributed by atoms with Crippen LogP contribution in [0.3, 0.4) is 0 Å². The Hall–Kier alpha value is -1.52. The largest absolute Gasteiger partial charge is 0.120 e. The number of hydrogen-bond donors (Lipinski definition) is 0. The quantitative estimate of drug-likeness (QED) is 0.588. The van der Waals surface area contributed by atoms with Gasteiger partial charge in [-0.05, 0) is 52.3 Å². The van der Waals surface area contributed by atoms with Crippen molar-refractivity contribution in [2.75, 3.05) is 0 Å². The number of hydrogen-bond acceptors (Lipinski definition) is 0. The van der Waals surface area contributed by atoms with E-state index in [1.54, 1.807) is 0 Å². The van der Waals surface area contributed by atoms with E-state index in [4.69, 9.17) is 0 Å². The van der Waals surface area contributed by atoms with Crippen molar-refractivity contribution in [2.45, 2.75) is 34.1 Å². The lowest BCUT2D eigenvalue weighted by Gasteiger charge is -1.94. The van der Waals surface area contributed by atoms with E-state index in [0.29, 0.717) is 0 Å². The summed E-state index contributed by atoms with van der Waals surface area (Å²) in [4.78, 5) is 0. The van der Waals surface area contributed by atoms with Gasteiger partial charge in [0.05, 0.1) is 0 Å². The molecule has 0 unspecified atom stereocenters. The summed E-state index contributed by atoms with van der Waals surface area (Å²) in [6, 6.07) is 4.48. The van der Waals surface area contributed by atoms with Crippen LogP contribution in [0.5, 0.6) is 0 Å². The second-order valence-corrected chi connectivity index (χ2v) is 3.21. The number of benzene rings is 1. The van der Waals surface area contributed by atoms with Crippen LogP contribution in [0.15, 0.2) is 17.9 Å². The summed E-state index contributed by atoms with van der Waals surface area (Å²) in [6.07, 6.45) is 9.71. The van der Waals surface area contributed by atoms with Gasteiger partial charge in [-0.15, -0.1) is 5.73 Å². The van der Waals surface area contributed by atoms with Crippen molar-refractivity contribution in [3.8, 4) is 0 Å². The minimum atomic E-state index is 1.09. The molecule has 84 valence electrons. The Morgan fingerprint density at radius 2 is 1.25 bits per heavy atom. The third-order valence-corrected chi connectivity index (χ3v) is 2.44. The minimum absolute atomic E-state index is 1.09. The predicted molar refractivity (Wildman–Crippen MR) is 74.4 cm³/mol. The molecular weight excluding hydrogens is 192 g/mol. The SMILES string of the molecule is C1=Cc2cc3c(cc2C=1)=CCC=3.CC.CC. The third kappa shape index (κ3) is 2.35. The van der Waals surface area contributed by atoms with Crippen LogP contribution in [0, 0.1) is 0 Å². The fourth-order valence-electron chi connectivity index (χ4n) is 1.81. The van der Waals surface area contributed by atoms with Gasteiger partial charge in [-0.25, -0.2) is 0 Å². The average molecular weight is 212 g/mol. The Balaban J connectivity index is 0.000000291. The van der Waals surface area contributed by atoms with Gasteiger partial charge in [0.15, 0.2) is 0 Å². The molecule has 1 aromatic carbocycles. The van der Waals surface area contributed by atoms with Crippen molar-refractivity contribution in [3.05, 3.63) is 39.4 Å². The van der Waals surface area contributed by atoms with E-state index in [0.717, 1.165) is 6.42 Å². The van der Waals surface area contributed by atoms with Gasteiger partial charge in [-0.1, -0.05) is 39.8 Å². The maximum Gasteiger partial charge on any atom is -0.00943 e. The summed E-state index contributed by atoms with van der Waals surface area (Å²) >= 11 is 0. The van der Waals surface area contributed by atoms with E-state index in [1.807, 2.05) is 39.8 Å². The zero-order chi connectivity index (χ0) is 12.0. The van der Waals surface area contributed by atoms with Crippen LogP contribution in [0.2, 0.25) is 0 Å². The number of rotatable bonds is 0. The molecule has 0 saturated heterocycles. The molecule has 0 spiro atoms. The van der Waals surface area contributed by atoms with Gasteiger partial charge in [0, 0.05) is 0 Å². The van der Waals surface area contributed by atoms with Gasteiger partial charge in [0.25, 0.3) is 0 Å². The van der Waals surface area contributed by atoms with Crippen molar-refractivity contribution in [3.63, 3.8) is 0 Å². The second kappa shape index (κ2) is 6.15. The first-order valence-electron chi connectivity index (χ1n) is 6.20. The topological polar surface area (TPSA) is 0 Å². The van der Waals surface area contributed by atoms with Crippen molar-refractivity contribution in [1.82, 2.24) is 0 Å². The van der Waals surface area contributed by atoms with Crippen LogP contribution in [0.25, 0.3) is 24.3 Å². The molecule has 16 heavy (non-hydrogen) atoms. The van der Waals surface area contributed by atoms with Gasteiger partial charge in [-0.2, -0.15) is 0 Å². The molecule has 3 rings (SSSR count). The zero-order valence-electron chi connectivity index (χ0n) is 10.7. The average Bonchev–Trinajstić information content (AvgIpc) is 2.98. The van der Waals surface area contributed by atoms with Crippen molar-refractivity contribution < 1.29 is 0 Å². The Bertz CT molecular complexity index is 479. The van der Waals surface area contributed by atoms with Crippen LogP contribution >= 0.6 is 0 Å². The third-order valence-electron chi connectivity index (χ3n) is 2.44. The maximum absolute atomic E-state index is 3.11. The first-order chi connectivity index (χ1) is 7.93. The fourth-order valence-corrected chi connectivity index (χ4v) is 1.81.